The third-order valence-corrected chi connectivity index (χ3v) is 3.85. The SMILES string of the molecule is CCC(C)OC(=O)Oc1cccc(C2CC2NC(=O)OC(C)(C)C)c1. The first kappa shape index (κ1) is 19.1. The summed E-state index contributed by atoms with van der Waals surface area (Å²) < 4.78 is 15.6. The number of alkyl carbamates (subject to hydrolysis) is 1. The zero-order chi connectivity index (χ0) is 18.6. The fraction of sp³-hybridized carbons (Fsp3) is 0.579. The second kappa shape index (κ2) is 7.76. The predicted octanol–water partition coefficient (Wildman–Crippen LogP) is 4.38. The van der Waals surface area contributed by atoms with Crippen molar-refractivity contribution in [3.05, 3.63) is 29.8 Å². The lowest BCUT2D eigenvalue weighted by Gasteiger charge is -2.19. The Hall–Kier alpha value is -2.24. The molecule has 1 N–H and O–H groups in total. The first-order valence-corrected chi connectivity index (χ1v) is 8.66. The molecule has 1 aliphatic carbocycles. The van der Waals surface area contributed by atoms with E-state index in [1.807, 2.05) is 46.8 Å². The molecule has 138 valence electrons. The van der Waals surface area contributed by atoms with Gasteiger partial charge in [0.15, 0.2) is 0 Å². The van der Waals surface area contributed by atoms with Crippen molar-refractivity contribution in [3.8, 4) is 5.75 Å². The molecule has 1 amide bonds. The zero-order valence-electron chi connectivity index (χ0n) is 15.5. The van der Waals surface area contributed by atoms with E-state index in [9.17, 15) is 9.59 Å². The summed E-state index contributed by atoms with van der Waals surface area (Å²) in [5, 5.41) is 2.86. The molecular formula is C19H27NO5. The van der Waals surface area contributed by atoms with Crippen molar-refractivity contribution in [3.63, 3.8) is 0 Å². The summed E-state index contributed by atoms with van der Waals surface area (Å²) in [5.74, 6) is 0.635. The fourth-order valence-corrected chi connectivity index (χ4v) is 2.36. The minimum absolute atomic E-state index is 0.0390. The van der Waals surface area contributed by atoms with Crippen LogP contribution in [0.1, 0.15) is 58.9 Å². The van der Waals surface area contributed by atoms with Crippen LogP contribution in [0, 0.1) is 0 Å². The van der Waals surface area contributed by atoms with Crippen LogP contribution in [0.5, 0.6) is 5.75 Å². The number of nitrogens with one attached hydrogen (secondary N) is 1. The molecule has 0 bridgehead atoms. The summed E-state index contributed by atoms with van der Waals surface area (Å²) in [5.41, 5.74) is 0.494. The monoisotopic (exact) mass is 349 g/mol. The Morgan fingerprint density at radius 3 is 2.68 bits per heavy atom. The molecule has 0 aromatic heterocycles. The largest absolute Gasteiger partial charge is 0.514 e. The van der Waals surface area contributed by atoms with Crippen molar-refractivity contribution >= 4 is 12.2 Å². The lowest BCUT2D eigenvalue weighted by Crippen LogP contribution is -2.34. The molecule has 25 heavy (non-hydrogen) atoms. The third-order valence-electron chi connectivity index (χ3n) is 3.85. The smallest absolute Gasteiger partial charge is 0.444 e. The second-order valence-corrected chi connectivity index (χ2v) is 7.36. The summed E-state index contributed by atoms with van der Waals surface area (Å²) in [6.45, 7) is 9.24. The van der Waals surface area contributed by atoms with Crippen molar-refractivity contribution in [1.82, 2.24) is 5.32 Å². The van der Waals surface area contributed by atoms with E-state index >= 15 is 0 Å². The van der Waals surface area contributed by atoms with Gasteiger partial charge < -0.3 is 19.5 Å². The summed E-state index contributed by atoms with van der Waals surface area (Å²) in [6.07, 6.45) is 0.270. The van der Waals surface area contributed by atoms with Gasteiger partial charge in [-0.1, -0.05) is 19.1 Å². The summed E-state index contributed by atoms with van der Waals surface area (Å²) in [4.78, 5) is 23.5. The topological polar surface area (TPSA) is 73.9 Å². The van der Waals surface area contributed by atoms with Gasteiger partial charge in [-0.2, -0.15) is 0 Å². The van der Waals surface area contributed by atoms with Crippen LogP contribution in [0.15, 0.2) is 24.3 Å². The number of hydrogen-bond acceptors (Lipinski definition) is 5. The molecule has 3 unspecified atom stereocenters. The lowest BCUT2D eigenvalue weighted by atomic mass is 10.1. The molecule has 0 radical (unpaired) electrons. The maximum Gasteiger partial charge on any atom is 0.514 e. The maximum absolute atomic E-state index is 11.8. The number of benzene rings is 1. The first-order chi connectivity index (χ1) is 11.7. The van der Waals surface area contributed by atoms with E-state index in [4.69, 9.17) is 14.2 Å². The lowest BCUT2D eigenvalue weighted by molar-refractivity contribution is 0.0522. The predicted molar refractivity (Wildman–Crippen MR) is 93.8 cm³/mol. The first-order valence-electron chi connectivity index (χ1n) is 8.66. The minimum Gasteiger partial charge on any atom is -0.444 e. The molecule has 2 rings (SSSR count). The molecule has 1 aromatic carbocycles. The molecule has 1 aliphatic rings. The van der Waals surface area contributed by atoms with E-state index in [1.165, 1.54) is 0 Å². The van der Waals surface area contributed by atoms with Crippen LogP contribution in [-0.2, 0) is 9.47 Å². The standard InChI is InChI=1S/C19H27NO5/c1-6-12(2)23-18(22)24-14-9-7-8-13(10-14)15-11-16(15)20-17(21)25-19(3,4)5/h7-10,12,15-16H,6,11H2,1-5H3,(H,20,21). The van der Waals surface area contributed by atoms with Gasteiger partial charge in [0.25, 0.3) is 0 Å². The van der Waals surface area contributed by atoms with Crippen molar-refractivity contribution in [1.29, 1.82) is 0 Å². The number of carbonyl (C=O) groups excluding carboxylic acids is 2. The van der Waals surface area contributed by atoms with E-state index in [0.717, 1.165) is 18.4 Å². The molecule has 6 heteroatoms. The van der Waals surface area contributed by atoms with Crippen LogP contribution in [-0.4, -0.2) is 30.0 Å². The van der Waals surface area contributed by atoms with Crippen molar-refractivity contribution in [2.45, 2.75) is 71.1 Å². The van der Waals surface area contributed by atoms with E-state index < -0.39 is 17.8 Å². The summed E-state index contributed by atoms with van der Waals surface area (Å²) in [6, 6.07) is 7.33. The molecular weight excluding hydrogens is 322 g/mol. The van der Waals surface area contributed by atoms with Crippen molar-refractivity contribution in [2.24, 2.45) is 0 Å². The van der Waals surface area contributed by atoms with Gasteiger partial charge in [-0.05, 0) is 58.2 Å². The van der Waals surface area contributed by atoms with Gasteiger partial charge in [0.05, 0.1) is 0 Å². The molecule has 0 spiro atoms. The molecule has 1 saturated carbocycles. The minimum atomic E-state index is -0.703. The van der Waals surface area contributed by atoms with Gasteiger partial charge in [0, 0.05) is 12.0 Å². The number of hydrogen-bond donors (Lipinski definition) is 1. The Bertz CT molecular complexity index is 622. The van der Waals surface area contributed by atoms with Crippen LogP contribution >= 0.6 is 0 Å². The van der Waals surface area contributed by atoms with E-state index in [-0.39, 0.29) is 18.1 Å². The highest BCUT2D eigenvalue weighted by molar-refractivity contribution is 5.69. The molecule has 0 saturated heterocycles. The van der Waals surface area contributed by atoms with Gasteiger partial charge in [-0.15, -0.1) is 0 Å². The van der Waals surface area contributed by atoms with Gasteiger partial charge in [0.1, 0.15) is 17.5 Å². The Balaban J connectivity index is 1.88. The molecule has 0 aliphatic heterocycles. The zero-order valence-corrected chi connectivity index (χ0v) is 15.5. The van der Waals surface area contributed by atoms with Gasteiger partial charge in [-0.25, -0.2) is 9.59 Å². The van der Waals surface area contributed by atoms with E-state index in [2.05, 4.69) is 5.32 Å². The maximum atomic E-state index is 11.8. The summed E-state index contributed by atoms with van der Waals surface area (Å²) >= 11 is 0. The average Bonchev–Trinajstić information content (AvgIpc) is 3.24. The number of rotatable bonds is 5. The quantitative estimate of drug-likeness (QED) is 0.631. The highest BCUT2D eigenvalue weighted by Crippen LogP contribution is 2.41. The van der Waals surface area contributed by atoms with Gasteiger partial charge in [0.2, 0.25) is 0 Å². The average molecular weight is 349 g/mol. The molecule has 1 aromatic rings. The molecule has 6 nitrogen and oxygen atoms in total. The van der Waals surface area contributed by atoms with E-state index in [1.54, 1.807) is 12.1 Å². The molecule has 0 heterocycles. The second-order valence-electron chi connectivity index (χ2n) is 7.36. The van der Waals surface area contributed by atoms with Crippen LogP contribution in [0.25, 0.3) is 0 Å². The Morgan fingerprint density at radius 1 is 1.32 bits per heavy atom. The highest BCUT2D eigenvalue weighted by Gasteiger charge is 2.40. The summed E-state index contributed by atoms with van der Waals surface area (Å²) in [7, 11) is 0. The van der Waals surface area contributed by atoms with Gasteiger partial charge in [-0.3, -0.25) is 0 Å². The van der Waals surface area contributed by atoms with Crippen LogP contribution in [0.2, 0.25) is 0 Å². The Morgan fingerprint density at radius 2 is 2.04 bits per heavy atom. The van der Waals surface area contributed by atoms with Crippen LogP contribution in [0.3, 0.4) is 0 Å². The van der Waals surface area contributed by atoms with E-state index in [0.29, 0.717) is 5.75 Å². The third kappa shape index (κ3) is 6.29. The Labute approximate surface area is 148 Å². The van der Waals surface area contributed by atoms with Crippen molar-refractivity contribution < 1.29 is 23.8 Å². The number of carbonyl (C=O) groups is 2. The molecule has 1 fully saturated rings. The number of ether oxygens (including phenoxy) is 3. The Kier molecular flexibility index (Phi) is 5.93. The fourth-order valence-electron chi connectivity index (χ4n) is 2.36. The van der Waals surface area contributed by atoms with Crippen molar-refractivity contribution in [2.75, 3.05) is 0 Å². The number of amides is 1. The highest BCUT2D eigenvalue weighted by atomic mass is 16.7. The van der Waals surface area contributed by atoms with Crippen LogP contribution in [0.4, 0.5) is 9.59 Å². The normalized spacial score (nSPS) is 20.4. The van der Waals surface area contributed by atoms with Gasteiger partial charge >= 0.3 is 12.2 Å². The van der Waals surface area contributed by atoms with Crippen LogP contribution < -0.4 is 10.1 Å². The molecule has 3 atom stereocenters.